The summed E-state index contributed by atoms with van der Waals surface area (Å²) in [6.45, 7) is 1.90. The number of furan rings is 1. The van der Waals surface area contributed by atoms with E-state index >= 15 is 0 Å². The average molecular weight is 621 g/mol. The van der Waals surface area contributed by atoms with Crippen molar-refractivity contribution in [3.8, 4) is 0 Å². The van der Waals surface area contributed by atoms with Crippen LogP contribution in [-0.2, 0) is 32.6 Å². The Hall–Kier alpha value is -5.01. The van der Waals surface area contributed by atoms with E-state index < -0.39 is 34.0 Å². The lowest BCUT2D eigenvalue weighted by molar-refractivity contribution is -0.138. The molecule has 0 aliphatic heterocycles. The first-order valence-electron chi connectivity index (χ1n) is 13.8. The summed E-state index contributed by atoms with van der Waals surface area (Å²) in [5.41, 5.74) is 2.56. The molecule has 0 aliphatic rings. The largest absolute Gasteiger partial charge is 0.480 e. The summed E-state index contributed by atoms with van der Waals surface area (Å²) in [7, 11) is -3.73. The molecule has 230 valence electrons. The number of hydrogen-bond donors (Lipinski definition) is 5. The van der Waals surface area contributed by atoms with Crippen molar-refractivity contribution in [2.75, 3.05) is 11.1 Å². The maximum absolute atomic E-state index is 12.9. The van der Waals surface area contributed by atoms with Crippen molar-refractivity contribution < 1.29 is 37.1 Å². The first-order chi connectivity index (χ1) is 21.0. The molecule has 0 saturated carbocycles. The monoisotopic (exact) mass is 620 g/mol. The van der Waals surface area contributed by atoms with Gasteiger partial charge in [0.15, 0.2) is 5.76 Å². The van der Waals surface area contributed by atoms with Crippen LogP contribution in [0.1, 0.15) is 47.0 Å². The number of benzene rings is 3. The number of amides is 2. The van der Waals surface area contributed by atoms with Crippen LogP contribution in [0.3, 0.4) is 0 Å². The second-order valence-corrected chi connectivity index (χ2v) is 11.8. The molecule has 12 nitrogen and oxygen atoms in total. The molecular formula is C31H32N4O8S. The van der Waals surface area contributed by atoms with Gasteiger partial charge < -0.3 is 19.6 Å². The standard InChI is InChI=1S/C31H32N4O8S/c1-2-3-15-44(40,41)35-25(30(37)38)16-20-9-12-24(13-10-20)33-29(36)27-18-23-17-22(11-14-26(23)43-27)28(32)34-31(39)42-19-21-7-5-4-6-8-21/h4-14,17-18,25,35H,2-3,15-16,19H2,1H3,(H,33,36)(H,37,38)(H2,32,34,39)/t25-/m0/s1. The molecule has 0 spiro atoms. The fourth-order valence-corrected chi connectivity index (χ4v) is 5.59. The molecule has 4 rings (SSSR count). The minimum absolute atomic E-state index is 0.00964. The number of anilines is 1. The highest BCUT2D eigenvalue weighted by atomic mass is 32.2. The molecule has 0 unspecified atom stereocenters. The first-order valence-corrected chi connectivity index (χ1v) is 15.4. The number of carbonyl (C=O) groups is 3. The van der Waals surface area contributed by atoms with E-state index in [1.165, 1.54) is 6.07 Å². The molecule has 3 aromatic carbocycles. The van der Waals surface area contributed by atoms with Gasteiger partial charge in [-0.05, 0) is 60.4 Å². The molecule has 2 amide bonds. The molecule has 0 bridgehead atoms. The number of fused-ring (bicyclic) bond motifs is 1. The molecule has 44 heavy (non-hydrogen) atoms. The fourth-order valence-electron chi connectivity index (χ4n) is 4.19. The molecule has 5 N–H and O–H groups in total. The number of amidine groups is 1. The zero-order valence-electron chi connectivity index (χ0n) is 23.8. The maximum Gasteiger partial charge on any atom is 0.413 e. The Morgan fingerprint density at radius 3 is 2.39 bits per heavy atom. The topological polar surface area (TPSA) is 188 Å². The molecule has 0 radical (unpaired) electrons. The number of sulfonamides is 1. The van der Waals surface area contributed by atoms with E-state index in [9.17, 15) is 27.9 Å². The van der Waals surface area contributed by atoms with Gasteiger partial charge in [-0.1, -0.05) is 55.8 Å². The molecule has 0 fully saturated rings. The van der Waals surface area contributed by atoms with Crippen molar-refractivity contribution in [1.82, 2.24) is 10.0 Å². The quantitative estimate of drug-likeness (QED) is 0.105. The number of ether oxygens (including phenoxy) is 1. The lowest BCUT2D eigenvalue weighted by atomic mass is 10.1. The molecule has 1 aromatic heterocycles. The number of carboxylic acid groups (broad SMARTS) is 1. The molecule has 4 aromatic rings. The van der Waals surface area contributed by atoms with Crippen molar-refractivity contribution >= 4 is 50.5 Å². The van der Waals surface area contributed by atoms with Crippen molar-refractivity contribution in [1.29, 1.82) is 5.41 Å². The van der Waals surface area contributed by atoms with Gasteiger partial charge >= 0.3 is 12.1 Å². The van der Waals surface area contributed by atoms with Gasteiger partial charge in [-0.25, -0.2) is 17.9 Å². The summed E-state index contributed by atoms with van der Waals surface area (Å²) < 4.78 is 37.4. The van der Waals surface area contributed by atoms with Gasteiger partial charge in [0.1, 0.15) is 24.1 Å². The number of hydrogen-bond acceptors (Lipinski definition) is 8. The van der Waals surface area contributed by atoms with E-state index in [0.29, 0.717) is 40.6 Å². The lowest BCUT2D eigenvalue weighted by Crippen LogP contribution is -2.43. The predicted molar refractivity (Wildman–Crippen MR) is 164 cm³/mol. The second kappa shape index (κ2) is 14.4. The van der Waals surface area contributed by atoms with Crippen LogP contribution in [0.2, 0.25) is 0 Å². The molecule has 1 heterocycles. The molecule has 1 atom stereocenters. The Balaban J connectivity index is 1.34. The summed E-state index contributed by atoms with van der Waals surface area (Å²) in [6, 6.07) is 20.4. The summed E-state index contributed by atoms with van der Waals surface area (Å²) >= 11 is 0. The van der Waals surface area contributed by atoms with E-state index in [1.807, 2.05) is 37.3 Å². The van der Waals surface area contributed by atoms with Crippen LogP contribution < -0.4 is 15.4 Å². The van der Waals surface area contributed by atoms with Gasteiger partial charge in [0.2, 0.25) is 10.0 Å². The van der Waals surface area contributed by atoms with Crippen molar-refractivity contribution in [2.45, 2.75) is 38.8 Å². The van der Waals surface area contributed by atoms with Gasteiger partial charge in [0.05, 0.1) is 5.75 Å². The summed E-state index contributed by atoms with van der Waals surface area (Å²) in [5, 5.41) is 23.3. The number of carbonyl (C=O) groups excluding carboxylic acids is 2. The van der Waals surface area contributed by atoms with Crippen LogP contribution in [0.25, 0.3) is 11.0 Å². The number of unbranched alkanes of at least 4 members (excludes halogenated alkanes) is 1. The highest BCUT2D eigenvalue weighted by Crippen LogP contribution is 2.22. The van der Waals surface area contributed by atoms with E-state index in [-0.39, 0.29) is 30.4 Å². The zero-order valence-corrected chi connectivity index (χ0v) is 24.6. The van der Waals surface area contributed by atoms with Gasteiger partial charge in [0, 0.05) is 16.6 Å². The summed E-state index contributed by atoms with van der Waals surface area (Å²) in [5.74, 6) is -2.15. The number of alkyl carbamates (subject to hydrolysis) is 1. The van der Waals surface area contributed by atoms with Crippen LogP contribution in [0.5, 0.6) is 0 Å². The highest BCUT2D eigenvalue weighted by Gasteiger charge is 2.24. The van der Waals surface area contributed by atoms with Crippen LogP contribution in [0.4, 0.5) is 10.5 Å². The van der Waals surface area contributed by atoms with Gasteiger partial charge in [-0.3, -0.25) is 20.3 Å². The molecule has 0 saturated heterocycles. The van der Waals surface area contributed by atoms with Gasteiger partial charge in [-0.15, -0.1) is 0 Å². The van der Waals surface area contributed by atoms with E-state index in [2.05, 4.69) is 15.4 Å². The third kappa shape index (κ3) is 8.99. The average Bonchev–Trinajstić information content (AvgIpc) is 3.44. The smallest absolute Gasteiger partial charge is 0.413 e. The Morgan fingerprint density at radius 1 is 0.977 bits per heavy atom. The first kappa shape index (κ1) is 31.9. The normalized spacial score (nSPS) is 11.9. The minimum Gasteiger partial charge on any atom is -0.480 e. The number of rotatable bonds is 13. The van der Waals surface area contributed by atoms with E-state index in [1.54, 1.807) is 42.5 Å². The third-order valence-electron chi connectivity index (χ3n) is 6.51. The highest BCUT2D eigenvalue weighted by molar-refractivity contribution is 7.89. The van der Waals surface area contributed by atoms with Crippen molar-refractivity contribution in [2.24, 2.45) is 0 Å². The molecule has 13 heteroatoms. The maximum atomic E-state index is 12.9. The Kier molecular flexibility index (Phi) is 10.5. The van der Waals surface area contributed by atoms with Gasteiger partial charge in [-0.2, -0.15) is 0 Å². The Bertz CT molecular complexity index is 1750. The zero-order chi connectivity index (χ0) is 31.7. The predicted octanol–water partition coefficient (Wildman–Crippen LogP) is 4.65. The van der Waals surface area contributed by atoms with Crippen LogP contribution in [0.15, 0.2) is 83.3 Å². The summed E-state index contributed by atoms with van der Waals surface area (Å²) in [6.07, 6.45) is 0.242. The Labute approximate surface area is 254 Å². The number of aliphatic carboxylic acids is 1. The van der Waals surface area contributed by atoms with Gasteiger partial charge in [0.25, 0.3) is 5.91 Å². The van der Waals surface area contributed by atoms with Crippen molar-refractivity contribution in [3.05, 3.63) is 101 Å². The Morgan fingerprint density at radius 2 is 1.70 bits per heavy atom. The van der Waals surface area contributed by atoms with E-state index in [4.69, 9.17) is 14.6 Å². The summed E-state index contributed by atoms with van der Waals surface area (Å²) in [4.78, 5) is 36.6. The molecular weight excluding hydrogens is 588 g/mol. The molecule has 0 aliphatic carbocycles. The number of nitrogens with one attached hydrogen (secondary N) is 4. The number of carboxylic acids is 1. The fraction of sp³-hybridized carbons (Fsp3) is 0.226. The van der Waals surface area contributed by atoms with Crippen molar-refractivity contribution in [3.63, 3.8) is 0 Å². The van der Waals surface area contributed by atoms with E-state index in [0.717, 1.165) is 5.56 Å². The van der Waals surface area contributed by atoms with Crippen LogP contribution >= 0.6 is 0 Å². The minimum atomic E-state index is -3.73. The van der Waals surface area contributed by atoms with Crippen LogP contribution in [-0.4, -0.2) is 49.1 Å². The lowest BCUT2D eigenvalue weighted by Gasteiger charge is -2.15. The van der Waals surface area contributed by atoms with Crippen LogP contribution in [0, 0.1) is 5.41 Å². The second-order valence-electron chi connectivity index (χ2n) is 9.96. The third-order valence-corrected chi connectivity index (χ3v) is 7.98. The SMILES string of the molecule is CCCCS(=O)(=O)N[C@@H](Cc1ccc(NC(=O)c2cc3cc(C(=N)NC(=O)OCc4ccccc4)ccc3o2)cc1)C(=O)O.